The number of halogens is 1. The van der Waals surface area contributed by atoms with Crippen molar-refractivity contribution in [3.8, 4) is 28.5 Å². The second-order valence-electron chi connectivity index (χ2n) is 6.17. The maximum Gasteiger partial charge on any atom is 0.266 e. The summed E-state index contributed by atoms with van der Waals surface area (Å²) in [5.74, 6) is 0.123. The summed E-state index contributed by atoms with van der Waals surface area (Å²) in [6.07, 6.45) is -0.981. The van der Waals surface area contributed by atoms with E-state index in [9.17, 15) is 9.18 Å². The van der Waals surface area contributed by atoms with Crippen LogP contribution in [0.25, 0.3) is 11.3 Å². The van der Waals surface area contributed by atoms with Gasteiger partial charge in [0.05, 0.1) is 13.2 Å². The number of anilines is 1. The van der Waals surface area contributed by atoms with Gasteiger partial charge in [-0.3, -0.25) is 4.79 Å². The first-order valence-electron chi connectivity index (χ1n) is 9.48. The van der Waals surface area contributed by atoms with Crippen LogP contribution in [0.1, 0.15) is 20.8 Å². The van der Waals surface area contributed by atoms with Crippen molar-refractivity contribution in [2.24, 2.45) is 0 Å². The average molecular weight is 415 g/mol. The van der Waals surface area contributed by atoms with E-state index in [-0.39, 0.29) is 11.6 Å². The predicted octanol–water partition coefficient (Wildman–Crippen LogP) is 4.08. The van der Waals surface area contributed by atoms with E-state index in [2.05, 4.69) is 15.6 Å². The molecule has 0 spiro atoms. The Kier molecular flexibility index (Phi) is 6.84. The third kappa shape index (κ3) is 4.86. The summed E-state index contributed by atoms with van der Waals surface area (Å²) >= 11 is 0. The summed E-state index contributed by atoms with van der Waals surface area (Å²) in [6, 6.07) is 11.1. The quantitative estimate of drug-likeness (QED) is 0.563. The fourth-order valence-corrected chi connectivity index (χ4v) is 2.66. The van der Waals surface area contributed by atoms with Crippen molar-refractivity contribution in [1.82, 2.24) is 10.3 Å². The van der Waals surface area contributed by atoms with Crippen LogP contribution in [-0.2, 0) is 4.79 Å². The summed E-state index contributed by atoms with van der Waals surface area (Å²) < 4.78 is 35.1. The Morgan fingerprint density at radius 1 is 1.07 bits per heavy atom. The topological polar surface area (TPSA) is 95.7 Å². The highest BCUT2D eigenvalue weighted by Crippen LogP contribution is 2.34. The van der Waals surface area contributed by atoms with E-state index in [0.29, 0.717) is 36.0 Å². The zero-order valence-corrected chi connectivity index (χ0v) is 16.8. The molecule has 0 saturated carbocycles. The summed E-state index contributed by atoms with van der Waals surface area (Å²) in [5, 5.41) is 10.2. The maximum atomic E-state index is 13.7. The van der Waals surface area contributed by atoms with E-state index < -0.39 is 17.8 Å². The van der Waals surface area contributed by atoms with E-state index >= 15 is 0 Å². The molecule has 0 bridgehead atoms. The third-order valence-electron chi connectivity index (χ3n) is 4.06. The molecular weight excluding hydrogens is 393 g/mol. The zero-order valence-electron chi connectivity index (χ0n) is 16.8. The average Bonchev–Trinajstić information content (AvgIpc) is 3.19. The number of benzene rings is 2. The van der Waals surface area contributed by atoms with E-state index in [4.69, 9.17) is 18.8 Å². The normalized spacial score (nSPS) is 11.6. The van der Waals surface area contributed by atoms with Crippen LogP contribution in [0.2, 0.25) is 0 Å². The van der Waals surface area contributed by atoms with Crippen molar-refractivity contribution in [3.05, 3.63) is 48.3 Å². The number of rotatable bonds is 9. The fourth-order valence-electron chi connectivity index (χ4n) is 2.66. The lowest BCUT2D eigenvalue weighted by molar-refractivity contribution is -0.122. The van der Waals surface area contributed by atoms with E-state index in [1.807, 2.05) is 13.8 Å². The van der Waals surface area contributed by atoms with Crippen LogP contribution < -0.4 is 19.5 Å². The SMILES string of the molecule is CCOc1ccc(-c2nonc2NC(=O)[C@H](C)Oc2ccccc2F)cc1OCC. The van der Waals surface area contributed by atoms with Crippen LogP contribution in [-0.4, -0.2) is 35.5 Å². The molecule has 1 amide bonds. The molecule has 0 fully saturated rings. The highest BCUT2D eigenvalue weighted by atomic mass is 19.1. The molecule has 3 aromatic rings. The van der Waals surface area contributed by atoms with Crippen LogP contribution >= 0.6 is 0 Å². The Balaban J connectivity index is 1.77. The van der Waals surface area contributed by atoms with Gasteiger partial charge in [0.2, 0.25) is 5.82 Å². The number of aromatic nitrogens is 2. The van der Waals surface area contributed by atoms with Crippen molar-refractivity contribution in [2.45, 2.75) is 26.9 Å². The number of nitrogens with zero attached hydrogens (tertiary/aromatic N) is 2. The molecule has 158 valence electrons. The molecule has 0 aliphatic heterocycles. The van der Waals surface area contributed by atoms with Crippen molar-refractivity contribution >= 4 is 11.7 Å². The maximum absolute atomic E-state index is 13.7. The Bertz CT molecular complexity index is 1010. The van der Waals surface area contributed by atoms with Gasteiger partial charge in [0.25, 0.3) is 5.91 Å². The monoisotopic (exact) mass is 415 g/mol. The van der Waals surface area contributed by atoms with Gasteiger partial charge in [-0.2, -0.15) is 0 Å². The first kappa shape index (κ1) is 21.1. The van der Waals surface area contributed by atoms with Crippen molar-refractivity contribution in [3.63, 3.8) is 0 Å². The van der Waals surface area contributed by atoms with Crippen molar-refractivity contribution in [1.29, 1.82) is 0 Å². The number of ether oxygens (including phenoxy) is 3. The molecule has 0 aliphatic carbocycles. The molecule has 0 unspecified atom stereocenters. The van der Waals surface area contributed by atoms with Crippen LogP contribution in [0.5, 0.6) is 17.2 Å². The Morgan fingerprint density at radius 2 is 1.80 bits per heavy atom. The number of para-hydroxylation sites is 1. The number of carbonyl (C=O) groups excluding carboxylic acids is 1. The Morgan fingerprint density at radius 3 is 2.53 bits per heavy atom. The molecule has 0 saturated heterocycles. The molecule has 30 heavy (non-hydrogen) atoms. The number of hydrogen-bond donors (Lipinski definition) is 1. The second kappa shape index (κ2) is 9.73. The highest BCUT2D eigenvalue weighted by molar-refractivity contribution is 5.96. The minimum absolute atomic E-state index is 0.0217. The molecular formula is C21H22FN3O5. The molecule has 0 aliphatic rings. The molecule has 2 aromatic carbocycles. The standard InChI is InChI=1S/C21H22FN3O5/c1-4-27-17-11-10-14(12-18(17)28-5-2)19-20(25-30-24-19)23-21(26)13(3)29-16-9-7-6-8-15(16)22/h6-13H,4-5H2,1-3H3,(H,23,25,26)/t13-/m0/s1. The summed E-state index contributed by atoms with van der Waals surface area (Å²) in [6.45, 7) is 6.19. The number of amides is 1. The van der Waals surface area contributed by atoms with Gasteiger partial charge >= 0.3 is 0 Å². The van der Waals surface area contributed by atoms with Gasteiger partial charge in [-0.25, -0.2) is 9.02 Å². The number of hydrogen-bond acceptors (Lipinski definition) is 7. The van der Waals surface area contributed by atoms with Crippen LogP contribution in [0, 0.1) is 5.82 Å². The van der Waals surface area contributed by atoms with Gasteiger partial charge < -0.3 is 19.5 Å². The van der Waals surface area contributed by atoms with Crippen molar-refractivity contribution < 1.29 is 28.0 Å². The molecule has 1 N–H and O–H groups in total. The number of nitrogens with one attached hydrogen (secondary N) is 1. The van der Waals surface area contributed by atoms with Gasteiger partial charge in [-0.15, -0.1) is 0 Å². The molecule has 1 atom stereocenters. The summed E-state index contributed by atoms with van der Waals surface area (Å²) in [7, 11) is 0. The van der Waals surface area contributed by atoms with Crippen LogP contribution in [0.3, 0.4) is 0 Å². The minimum Gasteiger partial charge on any atom is -0.490 e. The lowest BCUT2D eigenvalue weighted by Gasteiger charge is -2.14. The van der Waals surface area contributed by atoms with Gasteiger partial charge in [0.1, 0.15) is 0 Å². The van der Waals surface area contributed by atoms with Crippen molar-refractivity contribution in [2.75, 3.05) is 18.5 Å². The third-order valence-corrected chi connectivity index (χ3v) is 4.06. The summed E-state index contributed by atoms with van der Waals surface area (Å²) in [5.41, 5.74) is 0.923. The van der Waals surface area contributed by atoms with Gasteiger partial charge in [0, 0.05) is 5.56 Å². The smallest absolute Gasteiger partial charge is 0.266 e. The lowest BCUT2D eigenvalue weighted by atomic mass is 10.1. The lowest BCUT2D eigenvalue weighted by Crippen LogP contribution is -2.30. The predicted molar refractivity (Wildman–Crippen MR) is 107 cm³/mol. The first-order chi connectivity index (χ1) is 14.5. The molecule has 0 radical (unpaired) electrons. The van der Waals surface area contributed by atoms with E-state index in [0.717, 1.165) is 0 Å². The largest absolute Gasteiger partial charge is 0.490 e. The molecule has 1 aromatic heterocycles. The molecule has 9 heteroatoms. The minimum atomic E-state index is -0.981. The van der Waals surface area contributed by atoms with Gasteiger partial charge in [-0.05, 0) is 61.4 Å². The van der Waals surface area contributed by atoms with Gasteiger partial charge in [0.15, 0.2) is 34.9 Å². The van der Waals surface area contributed by atoms with E-state index in [1.165, 1.54) is 25.1 Å². The Labute approximate surface area is 172 Å². The van der Waals surface area contributed by atoms with Crippen LogP contribution in [0.15, 0.2) is 47.1 Å². The second-order valence-corrected chi connectivity index (χ2v) is 6.17. The molecule has 1 heterocycles. The fraction of sp³-hybridized carbons (Fsp3) is 0.286. The number of carbonyl (C=O) groups is 1. The van der Waals surface area contributed by atoms with E-state index in [1.54, 1.807) is 24.3 Å². The van der Waals surface area contributed by atoms with Crippen LogP contribution in [0.4, 0.5) is 10.2 Å². The Hall–Kier alpha value is -3.62. The first-order valence-corrected chi connectivity index (χ1v) is 9.48. The zero-order chi connectivity index (χ0) is 21.5. The molecule has 3 rings (SSSR count). The summed E-state index contributed by atoms with van der Waals surface area (Å²) in [4.78, 5) is 12.5. The highest BCUT2D eigenvalue weighted by Gasteiger charge is 2.22. The van der Waals surface area contributed by atoms with Gasteiger partial charge in [-0.1, -0.05) is 12.1 Å². The molecule has 8 nitrogen and oxygen atoms in total.